The minimum Gasteiger partial charge on any atom is -0.508 e. The van der Waals surface area contributed by atoms with Crippen molar-refractivity contribution >= 4 is 11.6 Å². The van der Waals surface area contributed by atoms with E-state index in [2.05, 4.69) is 5.43 Å². The number of hydrogen-bond acceptors (Lipinski definition) is 5. The molecule has 6 heteroatoms. The number of phenolic OH excluding ortho intramolecular Hbond substituents is 1. The Morgan fingerprint density at radius 1 is 1.47 bits per heavy atom. The molecule has 2 unspecified atom stereocenters. The molecule has 104 valence electrons. The summed E-state index contributed by atoms with van der Waals surface area (Å²) in [5.41, 5.74) is 3.11. The number of aromatic hydroxyl groups is 1. The molecule has 0 aliphatic carbocycles. The second-order valence-electron chi connectivity index (χ2n) is 4.73. The molecule has 1 aromatic rings. The molecule has 1 aromatic carbocycles. The first-order chi connectivity index (χ1) is 9.10. The number of benzene rings is 1. The van der Waals surface area contributed by atoms with Gasteiger partial charge in [0.15, 0.2) is 0 Å². The molecular weight excluding hydrogens is 246 g/mol. The zero-order valence-electron chi connectivity index (χ0n) is 10.9. The van der Waals surface area contributed by atoms with Crippen molar-refractivity contribution in [1.29, 1.82) is 0 Å². The van der Waals surface area contributed by atoms with Gasteiger partial charge in [0.25, 0.3) is 5.91 Å². The van der Waals surface area contributed by atoms with E-state index in [1.165, 1.54) is 0 Å². The summed E-state index contributed by atoms with van der Waals surface area (Å²) in [7, 11) is 1.95. The van der Waals surface area contributed by atoms with E-state index in [0.717, 1.165) is 12.1 Å². The Morgan fingerprint density at radius 2 is 2.16 bits per heavy atom. The highest BCUT2D eigenvalue weighted by Gasteiger charge is 2.30. The number of amides is 1. The number of likely N-dealkylation sites (N-methyl/N-ethyl adjacent to an activating group) is 1. The van der Waals surface area contributed by atoms with Crippen LogP contribution >= 0.6 is 0 Å². The van der Waals surface area contributed by atoms with Gasteiger partial charge in [-0.15, -0.1) is 0 Å². The second-order valence-corrected chi connectivity index (χ2v) is 4.73. The lowest BCUT2D eigenvalue weighted by Gasteiger charge is -2.23. The molecule has 0 aromatic heterocycles. The number of rotatable bonds is 4. The first-order valence-electron chi connectivity index (χ1n) is 6.26. The van der Waals surface area contributed by atoms with Gasteiger partial charge in [0.1, 0.15) is 11.9 Å². The standard InChI is InChI=1S/C13H19N3O3/c1-16(9-2-4-10(17)5-3-9)8-11-6-7-12(19-11)13(18)15-14/h2-5,11-12,17H,6-8,14H2,1H3,(H,15,18). The maximum Gasteiger partial charge on any atom is 0.263 e. The van der Waals surface area contributed by atoms with Gasteiger partial charge in [-0.1, -0.05) is 0 Å². The van der Waals surface area contributed by atoms with E-state index < -0.39 is 6.10 Å². The Kier molecular flexibility index (Phi) is 4.24. The van der Waals surface area contributed by atoms with Gasteiger partial charge in [0, 0.05) is 19.3 Å². The molecule has 1 fully saturated rings. The minimum absolute atomic E-state index is 0.0149. The predicted molar refractivity (Wildman–Crippen MR) is 71.6 cm³/mol. The van der Waals surface area contributed by atoms with Gasteiger partial charge in [-0.25, -0.2) is 5.84 Å². The summed E-state index contributed by atoms with van der Waals surface area (Å²) in [5.74, 6) is 5.07. The van der Waals surface area contributed by atoms with E-state index in [1.807, 2.05) is 24.1 Å². The van der Waals surface area contributed by atoms with Gasteiger partial charge in [-0.2, -0.15) is 0 Å². The third kappa shape index (κ3) is 3.36. The van der Waals surface area contributed by atoms with Crippen molar-refractivity contribution in [2.45, 2.75) is 25.0 Å². The fraction of sp³-hybridized carbons (Fsp3) is 0.462. The summed E-state index contributed by atoms with van der Waals surface area (Å²) in [6.07, 6.45) is 1.10. The molecule has 1 amide bonds. The van der Waals surface area contributed by atoms with Crippen LogP contribution in [-0.4, -0.2) is 36.8 Å². The van der Waals surface area contributed by atoms with Crippen molar-refractivity contribution in [2.75, 3.05) is 18.5 Å². The van der Waals surface area contributed by atoms with Crippen molar-refractivity contribution < 1.29 is 14.6 Å². The number of phenols is 1. The van der Waals surface area contributed by atoms with Crippen LogP contribution in [-0.2, 0) is 9.53 Å². The van der Waals surface area contributed by atoms with E-state index in [-0.39, 0.29) is 17.8 Å². The van der Waals surface area contributed by atoms with Gasteiger partial charge in [0.2, 0.25) is 0 Å². The zero-order chi connectivity index (χ0) is 13.8. The number of nitrogens with zero attached hydrogens (tertiary/aromatic N) is 1. The number of carbonyl (C=O) groups is 1. The molecule has 1 heterocycles. The third-order valence-electron chi connectivity index (χ3n) is 3.31. The number of hydrogen-bond donors (Lipinski definition) is 3. The minimum atomic E-state index is -0.441. The molecule has 2 atom stereocenters. The van der Waals surface area contributed by atoms with Gasteiger partial charge < -0.3 is 14.7 Å². The smallest absolute Gasteiger partial charge is 0.263 e. The fourth-order valence-electron chi connectivity index (χ4n) is 2.24. The van der Waals surface area contributed by atoms with Crippen LogP contribution in [0.1, 0.15) is 12.8 Å². The maximum atomic E-state index is 11.4. The van der Waals surface area contributed by atoms with E-state index in [1.54, 1.807) is 12.1 Å². The van der Waals surface area contributed by atoms with Crippen LogP contribution in [0.15, 0.2) is 24.3 Å². The average molecular weight is 265 g/mol. The SMILES string of the molecule is CN(CC1CCC(C(=O)NN)O1)c1ccc(O)cc1. The van der Waals surface area contributed by atoms with Gasteiger partial charge in [0.05, 0.1) is 6.10 Å². The van der Waals surface area contributed by atoms with Crippen LogP contribution in [0.2, 0.25) is 0 Å². The van der Waals surface area contributed by atoms with Crippen LogP contribution < -0.4 is 16.2 Å². The third-order valence-corrected chi connectivity index (χ3v) is 3.31. The molecule has 1 saturated heterocycles. The lowest BCUT2D eigenvalue weighted by atomic mass is 10.2. The highest BCUT2D eigenvalue weighted by Crippen LogP contribution is 2.23. The molecule has 19 heavy (non-hydrogen) atoms. The Labute approximate surface area is 112 Å². The fourth-order valence-corrected chi connectivity index (χ4v) is 2.24. The Bertz CT molecular complexity index is 435. The lowest BCUT2D eigenvalue weighted by Crippen LogP contribution is -2.40. The number of nitrogens with two attached hydrogens (primary N) is 1. The molecule has 6 nitrogen and oxygen atoms in total. The molecule has 1 aliphatic heterocycles. The van der Waals surface area contributed by atoms with E-state index in [4.69, 9.17) is 10.6 Å². The molecule has 0 radical (unpaired) electrons. The van der Waals surface area contributed by atoms with Crippen LogP contribution in [0.3, 0.4) is 0 Å². The van der Waals surface area contributed by atoms with Crippen molar-refractivity contribution in [3.05, 3.63) is 24.3 Å². The quantitative estimate of drug-likeness (QED) is 0.416. The van der Waals surface area contributed by atoms with E-state index >= 15 is 0 Å². The summed E-state index contributed by atoms with van der Waals surface area (Å²) in [5, 5.41) is 9.25. The number of anilines is 1. The van der Waals surface area contributed by atoms with E-state index in [9.17, 15) is 9.90 Å². The monoisotopic (exact) mass is 265 g/mol. The second kappa shape index (κ2) is 5.90. The summed E-state index contributed by atoms with van der Waals surface area (Å²) in [6.45, 7) is 0.694. The molecular formula is C13H19N3O3. The number of carbonyl (C=O) groups excluding carboxylic acids is 1. The highest BCUT2D eigenvalue weighted by molar-refractivity contribution is 5.80. The van der Waals surface area contributed by atoms with Gasteiger partial charge in [-0.05, 0) is 37.1 Å². The average Bonchev–Trinajstić information content (AvgIpc) is 2.87. The topological polar surface area (TPSA) is 87.8 Å². The van der Waals surface area contributed by atoms with Crippen LogP contribution in [0.4, 0.5) is 5.69 Å². The molecule has 0 spiro atoms. The largest absolute Gasteiger partial charge is 0.508 e. The highest BCUT2D eigenvalue weighted by atomic mass is 16.5. The normalized spacial score (nSPS) is 22.2. The van der Waals surface area contributed by atoms with Crippen LogP contribution in [0.25, 0.3) is 0 Å². The van der Waals surface area contributed by atoms with Crippen molar-refractivity contribution in [2.24, 2.45) is 5.84 Å². The van der Waals surface area contributed by atoms with Crippen LogP contribution in [0.5, 0.6) is 5.75 Å². The first kappa shape index (κ1) is 13.6. The number of nitrogens with one attached hydrogen (secondary N) is 1. The summed E-state index contributed by atoms with van der Waals surface area (Å²) < 4.78 is 5.65. The van der Waals surface area contributed by atoms with Crippen molar-refractivity contribution in [3.63, 3.8) is 0 Å². The molecule has 0 bridgehead atoms. The Morgan fingerprint density at radius 3 is 2.79 bits per heavy atom. The van der Waals surface area contributed by atoms with E-state index in [0.29, 0.717) is 13.0 Å². The molecule has 4 N–H and O–H groups in total. The number of hydrazine groups is 1. The zero-order valence-corrected chi connectivity index (χ0v) is 10.9. The predicted octanol–water partition coefficient (Wildman–Crippen LogP) is 0.366. The van der Waals surface area contributed by atoms with Gasteiger partial charge in [-0.3, -0.25) is 10.2 Å². The summed E-state index contributed by atoms with van der Waals surface area (Å²) in [4.78, 5) is 13.4. The van der Waals surface area contributed by atoms with Gasteiger partial charge >= 0.3 is 0 Å². The number of ether oxygens (including phenoxy) is 1. The van der Waals surface area contributed by atoms with Crippen molar-refractivity contribution in [1.82, 2.24) is 5.43 Å². The molecule has 2 rings (SSSR count). The molecule has 0 saturated carbocycles. The van der Waals surface area contributed by atoms with Crippen molar-refractivity contribution in [3.8, 4) is 5.75 Å². The maximum absolute atomic E-state index is 11.4. The lowest BCUT2D eigenvalue weighted by molar-refractivity contribution is -0.131. The Balaban J connectivity index is 1.88. The molecule has 1 aliphatic rings. The summed E-state index contributed by atoms with van der Waals surface area (Å²) in [6, 6.07) is 6.97. The first-order valence-corrected chi connectivity index (χ1v) is 6.26. The Hall–Kier alpha value is -1.79. The summed E-state index contributed by atoms with van der Waals surface area (Å²) >= 11 is 0. The van der Waals surface area contributed by atoms with Crippen LogP contribution in [0, 0.1) is 0 Å².